The summed E-state index contributed by atoms with van der Waals surface area (Å²) in [6, 6.07) is 14.9. The number of dihydropyridines is 1. The highest BCUT2D eigenvalue weighted by Crippen LogP contribution is 2.46. The lowest BCUT2D eigenvalue weighted by atomic mass is 9.72. The van der Waals surface area contributed by atoms with Crippen LogP contribution in [0.15, 0.2) is 71.1 Å². The number of Topliss-reactive ketones (excluding diaryl/α,β-unsaturated/α-hetero) is 1. The van der Waals surface area contributed by atoms with Gasteiger partial charge in [0.25, 0.3) is 0 Å². The summed E-state index contributed by atoms with van der Waals surface area (Å²) in [6.07, 6.45) is 0.975. The number of hydrogen-bond donors (Lipinski definition) is 1. The molecule has 1 heterocycles. The van der Waals surface area contributed by atoms with Crippen LogP contribution in [0.5, 0.6) is 0 Å². The van der Waals surface area contributed by atoms with Gasteiger partial charge >= 0.3 is 5.97 Å². The predicted octanol–water partition coefficient (Wildman–Crippen LogP) is 5.53. The lowest BCUT2D eigenvalue weighted by Gasteiger charge is -2.36. The van der Waals surface area contributed by atoms with E-state index in [1.807, 2.05) is 43.3 Å². The summed E-state index contributed by atoms with van der Waals surface area (Å²) in [5.74, 6) is -0.962. The monoisotopic (exact) mass is 441 g/mol. The molecule has 4 nitrogen and oxygen atoms in total. The first-order chi connectivity index (χ1) is 14.4. The molecule has 2 aliphatic rings. The Bertz CT molecular complexity index is 1090. The van der Waals surface area contributed by atoms with Gasteiger partial charge in [-0.05, 0) is 48.6 Å². The normalized spacial score (nSPS) is 21.3. The summed E-state index contributed by atoms with van der Waals surface area (Å²) in [6.45, 7) is 1.84. The van der Waals surface area contributed by atoms with Gasteiger partial charge in [-0.3, -0.25) is 4.79 Å². The van der Waals surface area contributed by atoms with Crippen LogP contribution in [-0.4, -0.2) is 18.9 Å². The topological polar surface area (TPSA) is 55.4 Å². The zero-order chi connectivity index (χ0) is 21.4. The minimum Gasteiger partial charge on any atom is -0.466 e. The molecule has 0 bridgehead atoms. The van der Waals surface area contributed by atoms with Gasteiger partial charge in [0.2, 0.25) is 0 Å². The number of methoxy groups -OCH3 is 1. The zero-order valence-corrected chi connectivity index (χ0v) is 18.2. The van der Waals surface area contributed by atoms with Crippen molar-refractivity contribution in [2.45, 2.75) is 31.6 Å². The number of esters is 1. The van der Waals surface area contributed by atoms with Crippen molar-refractivity contribution in [1.29, 1.82) is 0 Å². The second-order valence-electron chi connectivity index (χ2n) is 7.58. The molecule has 2 aromatic rings. The Labute approximate surface area is 185 Å². The van der Waals surface area contributed by atoms with Crippen LogP contribution in [0, 0.1) is 0 Å². The number of rotatable bonds is 3. The Hall–Kier alpha value is -2.56. The fourth-order valence-electron chi connectivity index (χ4n) is 4.43. The van der Waals surface area contributed by atoms with Crippen molar-refractivity contribution in [1.82, 2.24) is 5.32 Å². The Balaban J connectivity index is 1.82. The van der Waals surface area contributed by atoms with Gasteiger partial charge < -0.3 is 10.1 Å². The Morgan fingerprint density at radius 1 is 1.07 bits per heavy atom. The summed E-state index contributed by atoms with van der Waals surface area (Å²) in [5, 5.41) is 4.57. The van der Waals surface area contributed by atoms with Crippen molar-refractivity contribution < 1.29 is 14.3 Å². The van der Waals surface area contributed by atoms with E-state index in [4.69, 9.17) is 27.9 Å². The number of ketones is 1. The van der Waals surface area contributed by atoms with Crippen LogP contribution in [0.1, 0.15) is 42.7 Å². The standard InChI is InChI=1S/C24H21Cl2NO3/c1-13-21(24(29)30-2)22(14-7-9-16(25)10-8-14)23-19(27-13)11-15(12-20(23)28)17-5-3-4-6-18(17)26/h3-10,15,22,27H,11-12H2,1-2H3/t15-,22-/m1/s1. The third-order valence-electron chi connectivity index (χ3n) is 5.78. The van der Waals surface area contributed by atoms with E-state index in [1.54, 1.807) is 12.1 Å². The maximum absolute atomic E-state index is 13.4. The van der Waals surface area contributed by atoms with E-state index < -0.39 is 11.9 Å². The lowest BCUT2D eigenvalue weighted by Crippen LogP contribution is -2.36. The highest BCUT2D eigenvalue weighted by atomic mass is 35.5. The predicted molar refractivity (Wildman–Crippen MR) is 118 cm³/mol. The molecule has 154 valence electrons. The molecule has 6 heteroatoms. The second-order valence-corrected chi connectivity index (χ2v) is 8.43. The average molecular weight is 442 g/mol. The average Bonchev–Trinajstić information content (AvgIpc) is 2.73. The molecule has 1 aliphatic heterocycles. The lowest BCUT2D eigenvalue weighted by molar-refractivity contribution is -0.136. The number of allylic oxidation sites excluding steroid dienone is 3. The molecule has 0 spiro atoms. The molecule has 0 amide bonds. The van der Waals surface area contributed by atoms with Crippen LogP contribution in [0.3, 0.4) is 0 Å². The fraction of sp³-hybridized carbons (Fsp3) is 0.250. The van der Waals surface area contributed by atoms with E-state index in [2.05, 4.69) is 5.32 Å². The highest BCUT2D eigenvalue weighted by Gasteiger charge is 2.41. The maximum Gasteiger partial charge on any atom is 0.336 e. The van der Waals surface area contributed by atoms with Gasteiger partial charge in [-0.15, -0.1) is 0 Å². The minimum absolute atomic E-state index is 0.00234. The fourth-order valence-corrected chi connectivity index (χ4v) is 4.85. The van der Waals surface area contributed by atoms with Gasteiger partial charge in [-0.1, -0.05) is 53.5 Å². The molecular formula is C24H21Cl2NO3. The van der Waals surface area contributed by atoms with Gasteiger partial charge in [0.1, 0.15) is 0 Å². The Morgan fingerprint density at radius 3 is 2.43 bits per heavy atom. The second kappa shape index (κ2) is 8.29. The Kier molecular flexibility index (Phi) is 5.72. The zero-order valence-electron chi connectivity index (χ0n) is 16.7. The SMILES string of the molecule is COC(=O)C1=C(C)NC2=C(C(=O)C[C@H](c3ccccc3Cl)C2)[C@@H]1c1ccc(Cl)cc1. The van der Waals surface area contributed by atoms with E-state index in [9.17, 15) is 9.59 Å². The van der Waals surface area contributed by atoms with E-state index >= 15 is 0 Å². The first-order valence-electron chi connectivity index (χ1n) is 9.73. The number of carbonyl (C=O) groups excluding carboxylic acids is 2. The summed E-state index contributed by atoms with van der Waals surface area (Å²) in [5.41, 5.74) is 4.38. The maximum atomic E-state index is 13.4. The van der Waals surface area contributed by atoms with Crippen molar-refractivity contribution in [2.24, 2.45) is 0 Å². The first kappa shape index (κ1) is 20.7. The van der Waals surface area contributed by atoms with Gasteiger partial charge in [-0.25, -0.2) is 4.79 Å². The smallest absolute Gasteiger partial charge is 0.336 e. The third-order valence-corrected chi connectivity index (χ3v) is 6.38. The number of halogens is 2. The molecule has 4 rings (SSSR count). The molecule has 0 saturated heterocycles. The van der Waals surface area contributed by atoms with Crippen LogP contribution in [0.25, 0.3) is 0 Å². The van der Waals surface area contributed by atoms with Crippen LogP contribution >= 0.6 is 23.2 Å². The van der Waals surface area contributed by atoms with Crippen LogP contribution in [0.2, 0.25) is 10.0 Å². The quantitative estimate of drug-likeness (QED) is 0.636. The number of nitrogens with one attached hydrogen (secondary N) is 1. The molecule has 30 heavy (non-hydrogen) atoms. The van der Waals surface area contributed by atoms with Crippen LogP contribution in [-0.2, 0) is 14.3 Å². The van der Waals surface area contributed by atoms with Gasteiger partial charge in [0.15, 0.2) is 5.78 Å². The molecule has 1 N–H and O–H groups in total. The van der Waals surface area contributed by atoms with Crippen LogP contribution in [0.4, 0.5) is 0 Å². The van der Waals surface area contributed by atoms with Gasteiger partial charge in [0, 0.05) is 39.4 Å². The molecule has 1 aliphatic carbocycles. The number of ether oxygens (including phenoxy) is 1. The summed E-state index contributed by atoms with van der Waals surface area (Å²) >= 11 is 12.5. The summed E-state index contributed by atoms with van der Waals surface area (Å²) in [4.78, 5) is 26.0. The van der Waals surface area contributed by atoms with Crippen LogP contribution < -0.4 is 5.32 Å². The molecule has 0 aromatic heterocycles. The van der Waals surface area contributed by atoms with Crippen molar-refractivity contribution in [3.8, 4) is 0 Å². The van der Waals surface area contributed by atoms with Crippen molar-refractivity contribution in [3.63, 3.8) is 0 Å². The largest absolute Gasteiger partial charge is 0.466 e. The molecule has 0 unspecified atom stereocenters. The number of hydrogen-bond acceptors (Lipinski definition) is 4. The molecule has 0 radical (unpaired) electrons. The van der Waals surface area contributed by atoms with Crippen molar-refractivity contribution >= 4 is 35.0 Å². The highest BCUT2D eigenvalue weighted by molar-refractivity contribution is 6.31. The molecule has 2 aromatic carbocycles. The third kappa shape index (κ3) is 3.66. The van der Waals surface area contributed by atoms with Gasteiger partial charge in [0.05, 0.1) is 12.7 Å². The van der Waals surface area contributed by atoms with E-state index in [0.717, 1.165) is 16.8 Å². The van der Waals surface area contributed by atoms with E-state index in [0.29, 0.717) is 39.7 Å². The van der Waals surface area contributed by atoms with E-state index in [1.165, 1.54) is 7.11 Å². The Morgan fingerprint density at radius 2 is 1.77 bits per heavy atom. The minimum atomic E-state index is -0.495. The molecular weight excluding hydrogens is 421 g/mol. The van der Waals surface area contributed by atoms with Crippen molar-refractivity contribution in [2.75, 3.05) is 7.11 Å². The molecule has 2 atom stereocenters. The molecule has 0 fully saturated rings. The molecule has 0 saturated carbocycles. The van der Waals surface area contributed by atoms with Crippen molar-refractivity contribution in [3.05, 3.63) is 92.2 Å². The first-order valence-corrected chi connectivity index (χ1v) is 10.5. The summed E-state index contributed by atoms with van der Waals surface area (Å²) < 4.78 is 5.04. The number of carbonyl (C=O) groups is 2. The summed E-state index contributed by atoms with van der Waals surface area (Å²) in [7, 11) is 1.35. The van der Waals surface area contributed by atoms with E-state index in [-0.39, 0.29) is 11.7 Å². The van der Waals surface area contributed by atoms with Gasteiger partial charge in [-0.2, -0.15) is 0 Å². The number of benzene rings is 2.